The van der Waals surface area contributed by atoms with Gasteiger partial charge in [-0.1, -0.05) is 0 Å². The molecule has 0 saturated carbocycles. The zero-order valence-corrected chi connectivity index (χ0v) is 11.4. The Hall–Kier alpha value is -1.66. The van der Waals surface area contributed by atoms with Gasteiger partial charge in [-0.25, -0.2) is 9.97 Å². The minimum atomic E-state index is 0.608. The highest BCUT2D eigenvalue weighted by Crippen LogP contribution is 2.27. The zero-order valence-electron chi connectivity index (χ0n) is 10.6. The van der Waals surface area contributed by atoms with Crippen molar-refractivity contribution in [3.05, 3.63) is 29.9 Å². The Balaban J connectivity index is 2.21. The van der Waals surface area contributed by atoms with Gasteiger partial charge in [0.15, 0.2) is 0 Å². The Kier molecular flexibility index (Phi) is 4.11. The van der Waals surface area contributed by atoms with Crippen LogP contribution in [0.3, 0.4) is 0 Å². The monoisotopic (exact) mass is 263 g/mol. The molecule has 0 spiro atoms. The fraction of sp³-hybridized carbons (Fsp3) is 0.333. The molecule has 0 unspecified atom stereocenters. The summed E-state index contributed by atoms with van der Waals surface area (Å²) in [5.41, 5.74) is 5.55. The largest absolute Gasteiger partial charge is 0.358 e. The maximum atomic E-state index is 5.55. The van der Waals surface area contributed by atoms with E-state index in [4.69, 9.17) is 5.73 Å². The van der Waals surface area contributed by atoms with Crippen LogP contribution in [-0.4, -0.2) is 37.2 Å². The first kappa shape index (κ1) is 12.8. The molecule has 0 aliphatic rings. The second kappa shape index (κ2) is 5.79. The highest BCUT2D eigenvalue weighted by molar-refractivity contribution is 7.14. The van der Waals surface area contributed by atoms with Crippen molar-refractivity contribution in [2.75, 3.05) is 37.0 Å². The lowest BCUT2D eigenvalue weighted by Crippen LogP contribution is -2.26. The van der Waals surface area contributed by atoms with E-state index in [1.165, 1.54) is 0 Å². The van der Waals surface area contributed by atoms with Crippen molar-refractivity contribution in [3.8, 4) is 0 Å². The van der Waals surface area contributed by atoms with E-state index in [9.17, 15) is 0 Å². The van der Waals surface area contributed by atoms with Gasteiger partial charge in [-0.3, -0.25) is 0 Å². The van der Waals surface area contributed by atoms with Gasteiger partial charge in [-0.15, -0.1) is 11.3 Å². The molecule has 0 aliphatic heterocycles. The van der Waals surface area contributed by atoms with E-state index in [0.717, 1.165) is 23.2 Å². The van der Waals surface area contributed by atoms with Gasteiger partial charge >= 0.3 is 0 Å². The number of aromatic nitrogens is 2. The predicted octanol–water partition coefficient (Wildman–Crippen LogP) is 1.70. The molecule has 0 atom stereocenters. The Labute approximate surface area is 111 Å². The summed E-state index contributed by atoms with van der Waals surface area (Å²) in [6, 6.07) is 6.06. The number of hydrogen-bond donors (Lipinski definition) is 1. The summed E-state index contributed by atoms with van der Waals surface area (Å²) < 4.78 is 0. The average Bonchev–Trinajstić information content (AvgIpc) is 2.92. The average molecular weight is 263 g/mol. The molecule has 18 heavy (non-hydrogen) atoms. The summed E-state index contributed by atoms with van der Waals surface area (Å²) >= 11 is 1.68. The van der Waals surface area contributed by atoms with Crippen LogP contribution in [0.15, 0.2) is 29.9 Å². The van der Waals surface area contributed by atoms with E-state index in [1.54, 1.807) is 17.7 Å². The highest BCUT2D eigenvalue weighted by Gasteiger charge is 2.09. The molecular weight excluding hydrogens is 246 g/mol. The van der Waals surface area contributed by atoms with Crippen LogP contribution in [0.2, 0.25) is 0 Å². The lowest BCUT2D eigenvalue weighted by atomic mass is 10.4. The molecule has 0 radical (unpaired) electrons. The molecular formula is C12H17N5S. The van der Waals surface area contributed by atoms with E-state index >= 15 is 0 Å². The number of hydrogen-bond acceptors (Lipinski definition) is 6. The Bertz CT molecular complexity index is 485. The zero-order chi connectivity index (χ0) is 13.0. The van der Waals surface area contributed by atoms with Crippen molar-refractivity contribution in [1.82, 2.24) is 9.97 Å². The molecule has 0 saturated heterocycles. The first-order chi connectivity index (χ1) is 8.72. The fourth-order valence-corrected chi connectivity index (χ4v) is 2.32. The third-order valence-electron chi connectivity index (χ3n) is 2.67. The maximum absolute atomic E-state index is 5.55. The lowest BCUT2D eigenvalue weighted by Gasteiger charge is -2.20. The summed E-state index contributed by atoms with van der Waals surface area (Å²) in [5, 5.41) is 3.20. The molecule has 2 heterocycles. The quantitative estimate of drug-likeness (QED) is 0.889. The van der Waals surface area contributed by atoms with Gasteiger partial charge < -0.3 is 15.5 Å². The van der Waals surface area contributed by atoms with Crippen molar-refractivity contribution in [2.45, 2.75) is 0 Å². The normalized spacial score (nSPS) is 10.4. The van der Waals surface area contributed by atoms with Crippen molar-refractivity contribution < 1.29 is 0 Å². The van der Waals surface area contributed by atoms with Crippen molar-refractivity contribution in [1.29, 1.82) is 0 Å². The van der Waals surface area contributed by atoms with E-state index in [0.29, 0.717) is 6.54 Å². The molecule has 0 fully saturated rings. The fourth-order valence-electron chi connectivity index (χ4n) is 1.61. The smallest absolute Gasteiger partial charge is 0.138 e. The predicted molar refractivity (Wildman–Crippen MR) is 76.7 cm³/mol. The lowest BCUT2D eigenvalue weighted by molar-refractivity contribution is 0.863. The van der Waals surface area contributed by atoms with Crippen LogP contribution in [0.5, 0.6) is 0 Å². The number of thiophene rings is 1. The van der Waals surface area contributed by atoms with E-state index in [1.807, 2.05) is 36.0 Å². The van der Waals surface area contributed by atoms with Crippen LogP contribution in [0.1, 0.15) is 0 Å². The summed E-state index contributed by atoms with van der Waals surface area (Å²) in [6.07, 6.45) is 1.59. The minimum absolute atomic E-state index is 0.608. The summed E-state index contributed by atoms with van der Waals surface area (Å²) in [6.45, 7) is 1.38. The van der Waals surface area contributed by atoms with Crippen molar-refractivity contribution in [3.63, 3.8) is 0 Å². The Morgan fingerprint density at radius 1 is 1.28 bits per heavy atom. The molecule has 2 rings (SSSR count). The van der Waals surface area contributed by atoms with Crippen molar-refractivity contribution >= 4 is 28.0 Å². The van der Waals surface area contributed by atoms with Crippen LogP contribution < -0.4 is 15.5 Å². The molecule has 2 aromatic heterocycles. The summed E-state index contributed by atoms with van der Waals surface area (Å²) in [5.74, 6) is 1.76. The topological polar surface area (TPSA) is 58.3 Å². The standard InChI is InChI=1S/C12H17N5S/c1-16(6-5-13)10-8-11(15-9-14-10)17(2)12-4-3-7-18-12/h3-4,7-9H,5-6,13H2,1-2H3. The van der Waals surface area contributed by atoms with E-state index in [2.05, 4.69) is 21.4 Å². The van der Waals surface area contributed by atoms with Crippen LogP contribution in [0, 0.1) is 0 Å². The van der Waals surface area contributed by atoms with Gasteiger partial charge in [-0.2, -0.15) is 0 Å². The van der Waals surface area contributed by atoms with Gasteiger partial charge in [0.1, 0.15) is 18.0 Å². The van der Waals surface area contributed by atoms with E-state index < -0.39 is 0 Å². The van der Waals surface area contributed by atoms with Crippen LogP contribution in [-0.2, 0) is 0 Å². The van der Waals surface area contributed by atoms with Gasteiger partial charge in [0.25, 0.3) is 0 Å². The molecule has 0 aromatic carbocycles. The second-order valence-corrected chi connectivity index (χ2v) is 4.88. The van der Waals surface area contributed by atoms with Gasteiger partial charge in [0, 0.05) is 33.3 Å². The molecule has 0 aliphatic carbocycles. The Morgan fingerprint density at radius 2 is 2.06 bits per heavy atom. The SMILES string of the molecule is CN(CCN)c1cc(N(C)c2cccs2)ncn1. The first-order valence-electron chi connectivity index (χ1n) is 5.73. The minimum Gasteiger partial charge on any atom is -0.358 e. The van der Waals surface area contributed by atoms with E-state index in [-0.39, 0.29) is 0 Å². The van der Waals surface area contributed by atoms with Crippen molar-refractivity contribution in [2.24, 2.45) is 5.73 Å². The van der Waals surface area contributed by atoms with Gasteiger partial charge in [0.05, 0.1) is 5.00 Å². The molecule has 2 aromatic rings. The maximum Gasteiger partial charge on any atom is 0.138 e. The third kappa shape index (κ3) is 2.77. The number of anilines is 3. The number of nitrogens with zero attached hydrogens (tertiary/aromatic N) is 4. The molecule has 0 amide bonds. The summed E-state index contributed by atoms with van der Waals surface area (Å²) in [7, 11) is 3.98. The molecule has 5 nitrogen and oxygen atoms in total. The first-order valence-corrected chi connectivity index (χ1v) is 6.61. The summed E-state index contributed by atoms with van der Waals surface area (Å²) in [4.78, 5) is 12.6. The number of rotatable bonds is 5. The third-order valence-corrected chi connectivity index (χ3v) is 3.62. The molecule has 0 bridgehead atoms. The second-order valence-electron chi connectivity index (χ2n) is 3.95. The number of likely N-dealkylation sites (N-methyl/N-ethyl adjacent to an activating group) is 1. The Morgan fingerprint density at radius 3 is 2.72 bits per heavy atom. The van der Waals surface area contributed by atoms with Crippen LogP contribution >= 0.6 is 11.3 Å². The molecule has 96 valence electrons. The van der Waals surface area contributed by atoms with Gasteiger partial charge in [0.2, 0.25) is 0 Å². The van der Waals surface area contributed by atoms with Crippen LogP contribution in [0.25, 0.3) is 0 Å². The van der Waals surface area contributed by atoms with Gasteiger partial charge in [-0.05, 0) is 17.5 Å². The highest BCUT2D eigenvalue weighted by atomic mass is 32.1. The number of nitrogens with two attached hydrogens (primary N) is 1. The van der Waals surface area contributed by atoms with Crippen LogP contribution in [0.4, 0.5) is 16.6 Å². The molecule has 6 heteroatoms. The molecule has 2 N–H and O–H groups in total.